The highest BCUT2D eigenvalue weighted by Crippen LogP contribution is 2.18. The first-order valence-corrected chi connectivity index (χ1v) is 12.7. The average Bonchev–Trinajstić information content (AvgIpc) is 2.61. The number of nitrogens with zero attached hydrogens (tertiary/aromatic N) is 1. The van der Waals surface area contributed by atoms with Crippen molar-refractivity contribution in [2.75, 3.05) is 46.2 Å². The molecule has 0 aliphatic rings. The van der Waals surface area contributed by atoms with Crippen LogP contribution in [0.25, 0.3) is 0 Å². The van der Waals surface area contributed by atoms with Crippen LogP contribution in [-0.4, -0.2) is 70.6 Å². The van der Waals surface area contributed by atoms with Gasteiger partial charge in [0.15, 0.2) is 0 Å². The number of hydrogen-bond acceptors (Lipinski definition) is 8. The Balaban J connectivity index is 0. The van der Waals surface area contributed by atoms with E-state index in [2.05, 4.69) is 4.99 Å². The Kier molecular flexibility index (Phi) is 22.3. The Bertz CT molecular complexity index is 313. The zero-order valence-corrected chi connectivity index (χ0v) is 19.4. The minimum absolute atomic E-state index is 0.450. The molecule has 8 nitrogen and oxygen atoms in total. The fourth-order valence-electron chi connectivity index (χ4n) is 1.97. The lowest BCUT2D eigenvalue weighted by molar-refractivity contribution is 0.0710. The first-order valence-electron chi connectivity index (χ1n) is 9.39. The lowest BCUT2D eigenvalue weighted by Gasteiger charge is -2.28. The quantitative estimate of drug-likeness (QED) is 0.167. The maximum atomic E-state index is 9.93. The topological polar surface area (TPSA) is 84.8 Å². The molecular formula is C16H37NO7Si2. The maximum absolute atomic E-state index is 9.93. The smallest absolute Gasteiger partial charge is 0.376 e. The van der Waals surface area contributed by atoms with E-state index in [1.807, 2.05) is 41.5 Å². The molecule has 0 saturated carbocycles. The van der Waals surface area contributed by atoms with Gasteiger partial charge in [-0.25, -0.2) is 9.79 Å². The van der Waals surface area contributed by atoms with Crippen LogP contribution in [0.1, 0.15) is 48.0 Å². The third kappa shape index (κ3) is 15.8. The molecule has 0 aliphatic carbocycles. The predicted molar refractivity (Wildman–Crippen MR) is 105 cm³/mol. The summed E-state index contributed by atoms with van der Waals surface area (Å²) in [5, 5.41) is 0. The van der Waals surface area contributed by atoms with E-state index in [0.717, 1.165) is 6.42 Å². The van der Waals surface area contributed by atoms with Crippen molar-refractivity contribution < 1.29 is 31.4 Å². The molecule has 0 heterocycles. The largest absolute Gasteiger partial charge is 0.500 e. The second-order valence-electron chi connectivity index (χ2n) is 4.71. The van der Waals surface area contributed by atoms with Gasteiger partial charge in [0.2, 0.25) is 6.08 Å². The molecule has 0 bridgehead atoms. The van der Waals surface area contributed by atoms with E-state index in [1.54, 1.807) is 0 Å². The third-order valence-electron chi connectivity index (χ3n) is 2.82. The molecule has 0 N–H and O–H groups in total. The summed E-state index contributed by atoms with van der Waals surface area (Å²) in [6.45, 7) is 15.8. The minimum Gasteiger partial charge on any atom is -0.376 e. The summed E-state index contributed by atoms with van der Waals surface area (Å²) in [7, 11) is -4.27. The second-order valence-corrected chi connectivity index (χ2v) is 9.02. The lowest BCUT2D eigenvalue weighted by Crippen LogP contribution is -2.46. The SMILES string of the molecule is CCO[SiH](OCC)OCC.CCO[Si](CCCN=C=O)(OCC)OCC. The monoisotopic (exact) mass is 411 g/mol. The molecule has 0 amide bonds. The molecule has 0 atom stereocenters. The van der Waals surface area contributed by atoms with Crippen molar-refractivity contribution in [2.45, 2.75) is 54.0 Å². The minimum atomic E-state index is -2.54. The molecule has 0 aromatic rings. The molecule has 0 aromatic heterocycles. The molecule has 0 aromatic carbocycles. The van der Waals surface area contributed by atoms with Gasteiger partial charge < -0.3 is 26.6 Å². The lowest BCUT2D eigenvalue weighted by atomic mass is 10.5. The fourth-order valence-corrected chi connectivity index (χ4v) is 5.67. The zero-order valence-electron chi connectivity index (χ0n) is 17.2. The molecule has 156 valence electrons. The van der Waals surface area contributed by atoms with Crippen LogP contribution in [0.5, 0.6) is 0 Å². The first kappa shape index (κ1) is 27.8. The van der Waals surface area contributed by atoms with Gasteiger partial charge in [-0.15, -0.1) is 0 Å². The van der Waals surface area contributed by atoms with Crippen molar-refractivity contribution in [1.29, 1.82) is 0 Å². The maximum Gasteiger partial charge on any atom is 0.500 e. The molecule has 0 rings (SSSR count). The first-order chi connectivity index (χ1) is 12.6. The highest BCUT2D eigenvalue weighted by atomic mass is 28.4. The van der Waals surface area contributed by atoms with Crippen LogP contribution in [0.4, 0.5) is 0 Å². The molecule has 0 saturated heterocycles. The van der Waals surface area contributed by atoms with Gasteiger partial charge in [-0.2, -0.15) is 0 Å². The standard InChI is InChI=1S/C10H21NO4Si.C6H16O3Si/c1-4-13-16(14-5-2,15-6-3)9-7-8-11-10-12;1-4-7-10(8-5-2)9-6-3/h4-9H2,1-3H3;10H,4-6H2,1-3H3. The van der Waals surface area contributed by atoms with Crippen LogP contribution >= 0.6 is 0 Å². The summed E-state index contributed by atoms with van der Waals surface area (Å²) in [4.78, 5) is 13.4. The van der Waals surface area contributed by atoms with Gasteiger partial charge >= 0.3 is 18.3 Å². The van der Waals surface area contributed by atoms with Gasteiger partial charge in [0.05, 0.1) is 6.54 Å². The van der Waals surface area contributed by atoms with Crippen molar-refractivity contribution in [1.82, 2.24) is 0 Å². The average molecular weight is 412 g/mol. The van der Waals surface area contributed by atoms with Gasteiger partial charge in [0.1, 0.15) is 0 Å². The number of aliphatic imine (C=N–C) groups is 1. The third-order valence-corrected chi connectivity index (χ3v) is 7.79. The molecule has 0 fully saturated rings. The van der Waals surface area contributed by atoms with E-state index in [1.165, 1.54) is 6.08 Å². The molecule has 10 heteroatoms. The van der Waals surface area contributed by atoms with E-state index >= 15 is 0 Å². The van der Waals surface area contributed by atoms with Crippen LogP contribution in [0, 0.1) is 0 Å². The number of isocyanates is 1. The van der Waals surface area contributed by atoms with E-state index in [0.29, 0.717) is 52.2 Å². The Morgan fingerprint density at radius 1 is 0.769 bits per heavy atom. The highest BCUT2D eigenvalue weighted by Gasteiger charge is 2.39. The van der Waals surface area contributed by atoms with Crippen molar-refractivity contribution in [2.24, 2.45) is 4.99 Å². The Morgan fingerprint density at radius 3 is 1.50 bits per heavy atom. The number of rotatable bonds is 16. The molecule has 0 aliphatic heterocycles. The second kappa shape index (κ2) is 20.9. The summed E-state index contributed by atoms with van der Waals surface area (Å²) in [6.07, 6.45) is 2.24. The van der Waals surface area contributed by atoms with Gasteiger partial charge in [-0.05, 0) is 48.0 Å². The normalized spacial score (nSPS) is 11.0. The van der Waals surface area contributed by atoms with Crippen LogP contribution < -0.4 is 0 Å². The van der Waals surface area contributed by atoms with E-state index < -0.39 is 18.3 Å². The summed E-state index contributed by atoms with van der Waals surface area (Å²) in [6, 6.07) is 0.688. The van der Waals surface area contributed by atoms with Gasteiger partial charge in [0.25, 0.3) is 0 Å². The predicted octanol–water partition coefficient (Wildman–Crippen LogP) is 2.57. The van der Waals surface area contributed by atoms with Crippen LogP contribution in [0.15, 0.2) is 4.99 Å². The highest BCUT2D eigenvalue weighted by molar-refractivity contribution is 6.60. The number of carbonyl (C=O) groups excluding carboxylic acids is 1. The van der Waals surface area contributed by atoms with Crippen LogP contribution in [0.2, 0.25) is 6.04 Å². The molecule has 0 unspecified atom stereocenters. The van der Waals surface area contributed by atoms with E-state index in [-0.39, 0.29) is 0 Å². The van der Waals surface area contributed by atoms with Gasteiger partial charge in [-0.1, -0.05) is 0 Å². The molecule has 0 radical (unpaired) electrons. The van der Waals surface area contributed by atoms with Crippen molar-refractivity contribution >= 4 is 24.4 Å². The summed E-state index contributed by atoms with van der Waals surface area (Å²) < 4.78 is 32.6. The Labute approximate surface area is 161 Å². The summed E-state index contributed by atoms with van der Waals surface area (Å²) in [5.41, 5.74) is 0. The zero-order chi connectivity index (χ0) is 20.1. The van der Waals surface area contributed by atoms with Crippen molar-refractivity contribution in [3.05, 3.63) is 0 Å². The molecular weight excluding hydrogens is 374 g/mol. The van der Waals surface area contributed by atoms with Gasteiger partial charge in [-0.3, -0.25) is 0 Å². The van der Waals surface area contributed by atoms with E-state index in [4.69, 9.17) is 26.6 Å². The summed E-state index contributed by atoms with van der Waals surface area (Å²) in [5.74, 6) is 0. The van der Waals surface area contributed by atoms with Crippen molar-refractivity contribution in [3.63, 3.8) is 0 Å². The van der Waals surface area contributed by atoms with Crippen LogP contribution in [-0.2, 0) is 31.4 Å². The fraction of sp³-hybridized carbons (Fsp3) is 0.938. The van der Waals surface area contributed by atoms with Crippen molar-refractivity contribution in [3.8, 4) is 0 Å². The van der Waals surface area contributed by atoms with E-state index in [9.17, 15) is 4.79 Å². The summed E-state index contributed by atoms with van der Waals surface area (Å²) >= 11 is 0. The van der Waals surface area contributed by atoms with Crippen LogP contribution in [0.3, 0.4) is 0 Å². The Hall–Kier alpha value is -0.426. The van der Waals surface area contributed by atoms with Gasteiger partial charge in [0, 0.05) is 45.7 Å². The number of hydrogen-bond donors (Lipinski definition) is 0. The Morgan fingerprint density at radius 2 is 1.19 bits per heavy atom. The molecule has 0 spiro atoms. The molecule has 26 heavy (non-hydrogen) atoms.